The molecule has 9 nitrogen and oxygen atoms in total. The van der Waals surface area contributed by atoms with E-state index < -0.39 is 10.8 Å². The van der Waals surface area contributed by atoms with E-state index in [1.165, 1.54) is 7.11 Å². The smallest absolute Gasteiger partial charge is 0.274 e. The number of nitrogens with one attached hydrogen (secondary N) is 2. The summed E-state index contributed by atoms with van der Waals surface area (Å²) in [5, 5.41) is 27.5. The summed E-state index contributed by atoms with van der Waals surface area (Å²) in [6.07, 6.45) is 1.11. The molecular formula is C17H18N4O5. The number of ether oxygens (including phenoxy) is 1. The maximum absolute atomic E-state index is 11.8. The van der Waals surface area contributed by atoms with E-state index in [0.29, 0.717) is 0 Å². The number of nitro groups is 1. The molecule has 26 heavy (non-hydrogen) atoms. The number of aryl methyl sites for hydroxylation is 1. The number of benzene rings is 2. The molecule has 0 heterocycles. The van der Waals surface area contributed by atoms with Crippen molar-refractivity contribution < 1.29 is 19.6 Å². The molecule has 0 atom stereocenters. The molecule has 0 unspecified atom stereocenters. The largest absolute Gasteiger partial charge is 0.504 e. The lowest BCUT2D eigenvalue weighted by Gasteiger charge is -2.07. The van der Waals surface area contributed by atoms with Crippen molar-refractivity contribution in [2.45, 2.75) is 6.92 Å². The number of carbonyl (C=O) groups excluding carboxylic acids is 1. The summed E-state index contributed by atoms with van der Waals surface area (Å²) in [7, 11) is 1.28. The van der Waals surface area contributed by atoms with Crippen LogP contribution < -0.4 is 15.5 Å². The average molecular weight is 358 g/mol. The second kappa shape index (κ2) is 8.47. The highest BCUT2D eigenvalue weighted by Gasteiger charge is 2.15. The average Bonchev–Trinajstić information content (AvgIpc) is 2.62. The summed E-state index contributed by atoms with van der Waals surface area (Å²) >= 11 is 0. The van der Waals surface area contributed by atoms with Crippen molar-refractivity contribution in [1.29, 1.82) is 0 Å². The lowest BCUT2D eigenvalue weighted by Crippen LogP contribution is -2.25. The van der Waals surface area contributed by atoms with Crippen molar-refractivity contribution in [2.75, 3.05) is 19.0 Å². The molecule has 0 bridgehead atoms. The van der Waals surface area contributed by atoms with Gasteiger partial charge < -0.3 is 15.2 Å². The van der Waals surface area contributed by atoms with Crippen LogP contribution >= 0.6 is 0 Å². The van der Waals surface area contributed by atoms with Crippen LogP contribution in [0.15, 0.2) is 41.5 Å². The van der Waals surface area contributed by atoms with E-state index in [-0.39, 0.29) is 29.3 Å². The van der Waals surface area contributed by atoms with Gasteiger partial charge in [0.2, 0.25) is 0 Å². The van der Waals surface area contributed by atoms with Gasteiger partial charge in [0, 0.05) is 17.3 Å². The minimum Gasteiger partial charge on any atom is -0.504 e. The lowest BCUT2D eigenvalue weighted by atomic mass is 10.2. The normalized spacial score (nSPS) is 10.5. The van der Waals surface area contributed by atoms with E-state index >= 15 is 0 Å². The molecule has 3 N–H and O–H groups in total. The molecule has 136 valence electrons. The summed E-state index contributed by atoms with van der Waals surface area (Å²) in [5.74, 6) is -0.791. The molecule has 9 heteroatoms. The van der Waals surface area contributed by atoms with Crippen LogP contribution in [0.1, 0.15) is 11.1 Å². The van der Waals surface area contributed by atoms with E-state index in [9.17, 15) is 20.0 Å². The summed E-state index contributed by atoms with van der Waals surface area (Å²) < 4.78 is 4.89. The Labute approximate surface area is 149 Å². The molecular weight excluding hydrogens is 340 g/mol. The second-order valence-electron chi connectivity index (χ2n) is 5.36. The van der Waals surface area contributed by atoms with Gasteiger partial charge in [0.05, 0.1) is 30.9 Å². The zero-order valence-electron chi connectivity index (χ0n) is 14.2. The maximum atomic E-state index is 11.8. The summed E-state index contributed by atoms with van der Waals surface area (Å²) in [6.45, 7) is 1.95. The molecule has 0 aliphatic rings. The molecule has 0 radical (unpaired) electrons. The molecule has 2 aromatic rings. The Hall–Kier alpha value is -3.62. The molecule has 0 saturated heterocycles. The number of hydrogen-bond donors (Lipinski definition) is 3. The van der Waals surface area contributed by atoms with Gasteiger partial charge in [-0.2, -0.15) is 5.10 Å². The minimum absolute atomic E-state index is 0.00928. The molecule has 0 aliphatic carbocycles. The monoisotopic (exact) mass is 358 g/mol. The van der Waals surface area contributed by atoms with Gasteiger partial charge >= 0.3 is 0 Å². The van der Waals surface area contributed by atoms with Crippen LogP contribution in [0.25, 0.3) is 0 Å². The van der Waals surface area contributed by atoms with Gasteiger partial charge in [0.1, 0.15) is 0 Å². The minimum atomic E-state index is -0.622. The van der Waals surface area contributed by atoms with E-state index in [4.69, 9.17) is 4.74 Å². The van der Waals surface area contributed by atoms with Crippen LogP contribution in [-0.2, 0) is 4.79 Å². The number of aromatic hydroxyl groups is 1. The van der Waals surface area contributed by atoms with Crippen molar-refractivity contribution in [3.63, 3.8) is 0 Å². The van der Waals surface area contributed by atoms with Gasteiger partial charge in [0.25, 0.3) is 11.6 Å². The summed E-state index contributed by atoms with van der Waals surface area (Å²) in [6, 6.07) is 9.74. The molecule has 0 aliphatic heterocycles. The van der Waals surface area contributed by atoms with Crippen LogP contribution in [0.4, 0.5) is 11.4 Å². The fourth-order valence-corrected chi connectivity index (χ4v) is 2.04. The predicted molar refractivity (Wildman–Crippen MR) is 96.7 cm³/mol. The van der Waals surface area contributed by atoms with E-state index in [1.54, 1.807) is 0 Å². The number of nitrogens with zero attached hydrogens (tertiary/aromatic N) is 2. The number of anilines is 1. The Morgan fingerprint density at radius 2 is 2.04 bits per heavy atom. The molecule has 0 spiro atoms. The SMILES string of the molecule is COc1cc([N+](=O)[O-])cc(C=NNC(=O)CNc2ccc(C)cc2)c1O. The summed E-state index contributed by atoms with van der Waals surface area (Å²) in [5.41, 5.74) is 3.94. The first-order valence-corrected chi connectivity index (χ1v) is 7.58. The maximum Gasteiger partial charge on any atom is 0.274 e. The lowest BCUT2D eigenvalue weighted by molar-refractivity contribution is -0.385. The molecule has 2 aromatic carbocycles. The van der Waals surface area contributed by atoms with Crippen LogP contribution in [0, 0.1) is 17.0 Å². The number of phenols is 1. The van der Waals surface area contributed by atoms with E-state index in [0.717, 1.165) is 29.6 Å². The van der Waals surface area contributed by atoms with Crippen LogP contribution in [-0.4, -0.2) is 35.8 Å². The summed E-state index contributed by atoms with van der Waals surface area (Å²) in [4.78, 5) is 22.1. The van der Waals surface area contributed by atoms with Crippen LogP contribution in [0.3, 0.4) is 0 Å². The van der Waals surface area contributed by atoms with Crippen molar-refractivity contribution in [3.8, 4) is 11.5 Å². The third kappa shape index (κ3) is 4.94. The molecule has 0 aromatic heterocycles. The van der Waals surface area contributed by atoms with Gasteiger partial charge in [-0.3, -0.25) is 14.9 Å². The Kier molecular flexibility index (Phi) is 6.10. The third-order valence-corrected chi connectivity index (χ3v) is 3.42. The first-order valence-electron chi connectivity index (χ1n) is 7.58. The molecule has 0 saturated carbocycles. The first-order chi connectivity index (χ1) is 12.4. The number of rotatable bonds is 7. The number of nitro benzene ring substituents is 1. The third-order valence-electron chi connectivity index (χ3n) is 3.42. The predicted octanol–water partition coefficient (Wildman–Crippen LogP) is 2.18. The zero-order valence-corrected chi connectivity index (χ0v) is 14.2. The highest BCUT2D eigenvalue weighted by Crippen LogP contribution is 2.33. The van der Waals surface area contributed by atoms with Crippen molar-refractivity contribution >= 4 is 23.5 Å². The van der Waals surface area contributed by atoms with Crippen LogP contribution in [0.2, 0.25) is 0 Å². The fourth-order valence-electron chi connectivity index (χ4n) is 2.04. The first kappa shape index (κ1) is 18.7. The van der Waals surface area contributed by atoms with Crippen LogP contribution in [0.5, 0.6) is 11.5 Å². The highest BCUT2D eigenvalue weighted by atomic mass is 16.6. The number of carbonyl (C=O) groups is 1. The topological polar surface area (TPSA) is 126 Å². The van der Waals surface area contributed by atoms with Crippen molar-refractivity contribution in [2.24, 2.45) is 5.10 Å². The standard InChI is InChI=1S/C17H18N4O5/c1-11-3-5-13(6-4-11)18-10-16(22)20-19-9-12-7-14(21(24)25)8-15(26-2)17(12)23/h3-9,18,23H,10H2,1-2H3,(H,20,22). The zero-order chi connectivity index (χ0) is 19.1. The second-order valence-corrected chi connectivity index (χ2v) is 5.36. The Morgan fingerprint density at radius 1 is 1.35 bits per heavy atom. The fraction of sp³-hybridized carbons (Fsp3) is 0.176. The number of phenolic OH excluding ortho intramolecular Hbond substituents is 1. The Balaban J connectivity index is 1.98. The van der Waals surface area contributed by atoms with E-state index in [1.807, 2.05) is 31.2 Å². The number of hydrogen-bond acceptors (Lipinski definition) is 7. The molecule has 2 rings (SSSR count). The van der Waals surface area contributed by atoms with Gasteiger partial charge in [-0.1, -0.05) is 17.7 Å². The van der Waals surface area contributed by atoms with Gasteiger partial charge in [-0.15, -0.1) is 0 Å². The Bertz CT molecular complexity index is 834. The quantitative estimate of drug-likeness (QED) is 0.396. The molecule has 1 amide bonds. The van der Waals surface area contributed by atoms with Gasteiger partial charge in [-0.25, -0.2) is 5.43 Å². The van der Waals surface area contributed by atoms with Gasteiger partial charge in [-0.05, 0) is 19.1 Å². The number of methoxy groups -OCH3 is 1. The number of non-ortho nitro benzene ring substituents is 1. The number of amides is 1. The van der Waals surface area contributed by atoms with Crippen molar-refractivity contribution in [1.82, 2.24) is 5.43 Å². The molecule has 0 fully saturated rings. The highest BCUT2D eigenvalue weighted by molar-refractivity contribution is 5.88. The number of hydrazone groups is 1. The van der Waals surface area contributed by atoms with Gasteiger partial charge in [0.15, 0.2) is 11.5 Å². The van der Waals surface area contributed by atoms with E-state index in [2.05, 4.69) is 15.8 Å². The van der Waals surface area contributed by atoms with Crippen molar-refractivity contribution in [3.05, 3.63) is 57.6 Å². The Morgan fingerprint density at radius 3 is 2.65 bits per heavy atom.